The molecule has 4 nitrogen and oxygen atoms in total. The third kappa shape index (κ3) is 4.86. The van der Waals surface area contributed by atoms with Gasteiger partial charge in [-0.2, -0.15) is 0 Å². The second-order valence-corrected chi connectivity index (χ2v) is 4.83. The Morgan fingerprint density at radius 2 is 1.90 bits per heavy atom. The summed E-state index contributed by atoms with van der Waals surface area (Å²) in [7, 11) is 1.58. The van der Waals surface area contributed by atoms with Gasteiger partial charge in [0.2, 0.25) is 5.91 Å². The predicted octanol–water partition coefficient (Wildman–Crippen LogP) is 2.16. The Morgan fingerprint density at radius 3 is 2.40 bits per heavy atom. The zero-order chi connectivity index (χ0) is 15.1. The number of carbonyl (C=O) groups excluding carboxylic acids is 1. The minimum absolute atomic E-state index is 0.00350. The van der Waals surface area contributed by atoms with Gasteiger partial charge in [0, 0.05) is 13.2 Å². The number of para-hydroxylation sites is 1. The molecule has 1 rings (SSSR count). The first-order chi connectivity index (χ1) is 9.45. The van der Waals surface area contributed by atoms with Gasteiger partial charge >= 0.3 is 0 Å². The van der Waals surface area contributed by atoms with Crippen LogP contribution in [0.15, 0.2) is 18.2 Å². The number of nitrogens with one attached hydrogen (secondary N) is 2. The molecule has 0 saturated heterocycles. The molecule has 0 fully saturated rings. The predicted molar refractivity (Wildman–Crippen MR) is 73.5 cm³/mol. The van der Waals surface area contributed by atoms with Crippen LogP contribution in [0, 0.1) is 17.6 Å². The minimum atomic E-state index is -0.796. The topological polar surface area (TPSA) is 50.4 Å². The van der Waals surface area contributed by atoms with Crippen molar-refractivity contribution in [3.8, 4) is 0 Å². The van der Waals surface area contributed by atoms with E-state index in [0.29, 0.717) is 6.61 Å². The van der Waals surface area contributed by atoms with E-state index in [0.717, 1.165) is 12.1 Å². The van der Waals surface area contributed by atoms with Crippen LogP contribution in [0.25, 0.3) is 0 Å². The Balaban J connectivity index is 2.55. The van der Waals surface area contributed by atoms with Crippen molar-refractivity contribution < 1.29 is 18.3 Å². The Hall–Kier alpha value is -1.53. The smallest absolute Gasteiger partial charge is 0.238 e. The molecular formula is C14H20F2N2O2. The standard InChI is InChI=1S/C14H20F2N2O2/c1-9(2)12(8-20-3)17-7-13(19)18-14-10(15)5-4-6-11(14)16/h4-6,9,12,17H,7-8H2,1-3H3,(H,18,19). The Labute approximate surface area is 117 Å². The minimum Gasteiger partial charge on any atom is -0.383 e. The van der Waals surface area contributed by atoms with E-state index in [1.807, 2.05) is 13.8 Å². The zero-order valence-electron chi connectivity index (χ0n) is 11.9. The van der Waals surface area contributed by atoms with Crippen molar-refractivity contribution in [1.82, 2.24) is 5.32 Å². The van der Waals surface area contributed by atoms with Crippen molar-refractivity contribution in [3.63, 3.8) is 0 Å². The lowest BCUT2D eigenvalue weighted by atomic mass is 10.1. The third-order valence-electron chi connectivity index (χ3n) is 2.90. The molecule has 0 heterocycles. The number of hydrogen-bond donors (Lipinski definition) is 2. The van der Waals surface area contributed by atoms with Crippen LogP contribution < -0.4 is 10.6 Å². The number of rotatable bonds is 7. The first-order valence-electron chi connectivity index (χ1n) is 6.42. The number of methoxy groups -OCH3 is 1. The number of carbonyl (C=O) groups is 1. The summed E-state index contributed by atoms with van der Waals surface area (Å²) in [5.74, 6) is -1.82. The van der Waals surface area contributed by atoms with Crippen molar-refractivity contribution in [2.75, 3.05) is 25.6 Å². The van der Waals surface area contributed by atoms with Crippen LogP contribution in [0.1, 0.15) is 13.8 Å². The summed E-state index contributed by atoms with van der Waals surface area (Å²) in [5, 5.41) is 5.22. The molecule has 1 unspecified atom stereocenters. The van der Waals surface area contributed by atoms with E-state index < -0.39 is 23.2 Å². The van der Waals surface area contributed by atoms with Crippen molar-refractivity contribution in [1.29, 1.82) is 0 Å². The zero-order valence-corrected chi connectivity index (χ0v) is 11.9. The highest BCUT2D eigenvalue weighted by Crippen LogP contribution is 2.17. The lowest BCUT2D eigenvalue weighted by Gasteiger charge is -2.21. The number of hydrogen-bond acceptors (Lipinski definition) is 3. The molecule has 112 valence electrons. The average molecular weight is 286 g/mol. The monoisotopic (exact) mass is 286 g/mol. The number of ether oxygens (including phenoxy) is 1. The van der Waals surface area contributed by atoms with Gasteiger partial charge in [-0.15, -0.1) is 0 Å². The van der Waals surface area contributed by atoms with Gasteiger partial charge in [-0.25, -0.2) is 8.78 Å². The molecule has 0 saturated carbocycles. The molecule has 1 amide bonds. The van der Waals surface area contributed by atoms with Gasteiger partial charge in [0.05, 0.1) is 13.2 Å². The molecule has 0 aliphatic carbocycles. The summed E-state index contributed by atoms with van der Waals surface area (Å²) in [5.41, 5.74) is -0.424. The molecule has 1 aromatic carbocycles. The first-order valence-corrected chi connectivity index (χ1v) is 6.42. The largest absolute Gasteiger partial charge is 0.383 e. The molecule has 0 spiro atoms. The summed E-state index contributed by atoms with van der Waals surface area (Å²) in [6, 6.07) is 3.42. The maximum Gasteiger partial charge on any atom is 0.238 e. The second-order valence-electron chi connectivity index (χ2n) is 4.83. The number of amides is 1. The number of benzene rings is 1. The molecule has 0 aliphatic heterocycles. The van der Waals surface area contributed by atoms with E-state index in [1.165, 1.54) is 6.07 Å². The average Bonchev–Trinajstić information content (AvgIpc) is 2.38. The molecule has 6 heteroatoms. The molecule has 0 bridgehead atoms. The van der Waals surface area contributed by atoms with E-state index in [2.05, 4.69) is 10.6 Å². The van der Waals surface area contributed by atoms with E-state index in [-0.39, 0.29) is 18.5 Å². The summed E-state index contributed by atoms with van der Waals surface area (Å²) in [6.45, 7) is 4.40. The summed E-state index contributed by atoms with van der Waals surface area (Å²) < 4.78 is 31.8. The van der Waals surface area contributed by atoms with Gasteiger partial charge in [-0.05, 0) is 18.1 Å². The van der Waals surface area contributed by atoms with Crippen LogP contribution in [0.2, 0.25) is 0 Å². The van der Waals surface area contributed by atoms with Crippen molar-refractivity contribution in [3.05, 3.63) is 29.8 Å². The number of halogens is 2. The fourth-order valence-electron chi connectivity index (χ4n) is 1.69. The molecule has 0 aromatic heterocycles. The maximum atomic E-state index is 13.4. The first kappa shape index (κ1) is 16.5. The number of anilines is 1. The van der Waals surface area contributed by atoms with E-state index in [9.17, 15) is 13.6 Å². The van der Waals surface area contributed by atoms with Gasteiger partial charge < -0.3 is 15.4 Å². The molecule has 1 atom stereocenters. The molecule has 0 aliphatic rings. The Kier molecular flexibility index (Phi) is 6.54. The molecule has 1 aromatic rings. The van der Waals surface area contributed by atoms with E-state index in [1.54, 1.807) is 7.11 Å². The van der Waals surface area contributed by atoms with Crippen LogP contribution >= 0.6 is 0 Å². The van der Waals surface area contributed by atoms with Crippen LogP contribution in [0.5, 0.6) is 0 Å². The SMILES string of the molecule is COCC(NCC(=O)Nc1c(F)cccc1F)C(C)C. The highest BCUT2D eigenvalue weighted by atomic mass is 19.1. The molecule has 2 N–H and O–H groups in total. The van der Waals surface area contributed by atoms with Gasteiger partial charge in [-0.3, -0.25) is 4.79 Å². The quantitative estimate of drug-likeness (QED) is 0.807. The van der Waals surface area contributed by atoms with Gasteiger partial charge in [0.1, 0.15) is 17.3 Å². The highest BCUT2D eigenvalue weighted by Gasteiger charge is 2.16. The van der Waals surface area contributed by atoms with Crippen molar-refractivity contribution in [2.24, 2.45) is 5.92 Å². The summed E-state index contributed by atoms with van der Waals surface area (Å²) in [6.07, 6.45) is 0. The summed E-state index contributed by atoms with van der Waals surface area (Å²) >= 11 is 0. The van der Waals surface area contributed by atoms with Crippen LogP contribution in [0.4, 0.5) is 14.5 Å². The lowest BCUT2D eigenvalue weighted by Crippen LogP contribution is -2.42. The molecule has 20 heavy (non-hydrogen) atoms. The fourth-order valence-corrected chi connectivity index (χ4v) is 1.69. The van der Waals surface area contributed by atoms with Gasteiger partial charge in [-0.1, -0.05) is 19.9 Å². The maximum absolute atomic E-state index is 13.4. The Bertz CT molecular complexity index is 433. The lowest BCUT2D eigenvalue weighted by molar-refractivity contribution is -0.115. The molecule has 0 radical (unpaired) electrons. The van der Waals surface area contributed by atoms with Crippen LogP contribution in [0.3, 0.4) is 0 Å². The van der Waals surface area contributed by atoms with Gasteiger partial charge in [0.25, 0.3) is 0 Å². The second kappa shape index (κ2) is 7.91. The van der Waals surface area contributed by atoms with Crippen LogP contribution in [-0.2, 0) is 9.53 Å². The van der Waals surface area contributed by atoms with Crippen molar-refractivity contribution in [2.45, 2.75) is 19.9 Å². The van der Waals surface area contributed by atoms with Crippen LogP contribution in [-0.4, -0.2) is 32.2 Å². The Morgan fingerprint density at radius 1 is 1.30 bits per heavy atom. The fraction of sp³-hybridized carbons (Fsp3) is 0.500. The van der Waals surface area contributed by atoms with Gasteiger partial charge in [0.15, 0.2) is 0 Å². The van der Waals surface area contributed by atoms with E-state index >= 15 is 0 Å². The van der Waals surface area contributed by atoms with E-state index in [4.69, 9.17) is 4.74 Å². The molecular weight excluding hydrogens is 266 g/mol. The van der Waals surface area contributed by atoms with Crippen molar-refractivity contribution >= 4 is 11.6 Å². The summed E-state index contributed by atoms with van der Waals surface area (Å²) in [4.78, 5) is 11.7. The normalized spacial score (nSPS) is 12.5. The third-order valence-corrected chi connectivity index (χ3v) is 2.90. The highest BCUT2D eigenvalue weighted by molar-refractivity contribution is 5.92.